The first kappa shape index (κ1) is 11.2. The highest BCUT2D eigenvalue weighted by Gasteiger charge is 2.20. The molecule has 1 aromatic heterocycles. The highest BCUT2D eigenvalue weighted by atomic mass is 16.4. The van der Waals surface area contributed by atoms with E-state index in [9.17, 15) is 4.79 Å². The van der Waals surface area contributed by atoms with Gasteiger partial charge in [-0.3, -0.25) is 0 Å². The van der Waals surface area contributed by atoms with Crippen molar-refractivity contribution in [2.45, 2.75) is 50.9 Å². The Morgan fingerprint density at radius 2 is 1.88 bits per heavy atom. The van der Waals surface area contributed by atoms with Gasteiger partial charge in [-0.2, -0.15) is 0 Å². The maximum Gasteiger partial charge on any atom is 0.357 e. The van der Waals surface area contributed by atoms with E-state index < -0.39 is 5.97 Å². The van der Waals surface area contributed by atoms with Gasteiger partial charge in [0, 0.05) is 5.92 Å². The molecule has 0 amide bonds. The van der Waals surface area contributed by atoms with Crippen molar-refractivity contribution in [2.75, 3.05) is 0 Å². The Labute approximate surface area is 94.7 Å². The van der Waals surface area contributed by atoms with Gasteiger partial charge in [0.05, 0.1) is 0 Å². The zero-order valence-electron chi connectivity index (χ0n) is 9.32. The molecule has 1 aliphatic rings. The molecule has 0 spiro atoms. The van der Waals surface area contributed by atoms with E-state index >= 15 is 0 Å². The lowest BCUT2D eigenvalue weighted by molar-refractivity contribution is 0.0690. The zero-order chi connectivity index (χ0) is 11.4. The minimum Gasteiger partial charge on any atom is -0.476 e. The summed E-state index contributed by atoms with van der Waals surface area (Å²) in [5, 5.41) is 8.77. The van der Waals surface area contributed by atoms with Crippen LogP contribution in [0.3, 0.4) is 0 Å². The fourth-order valence-corrected chi connectivity index (χ4v) is 2.28. The fourth-order valence-electron chi connectivity index (χ4n) is 2.28. The second-order valence-electron chi connectivity index (χ2n) is 4.42. The van der Waals surface area contributed by atoms with E-state index in [-0.39, 0.29) is 5.69 Å². The molecular weight excluding hydrogens is 206 g/mol. The molecule has 1 N–H and O–H groups in total. The van der Waals surface area contributed by atoms with Gasteiger partial charge in [-0.1, -0.05) is 32.1 Å². The molecule has 16 heavy (non-hydrogen) atoms. The molecule has 0 unspecified atom stereocenters. The van der Waals surface area contributed by atoms with Gasteiger partial charge in [0.15, 0.2) is 11.6 Å². The number of carboxylic acid groups (broad SMARTS) is 1. The van der Waals surface area contributed by atoms with Crippen LogP contribution in [-0.4, -0.2) is 16.1 Å². The average molecular weight is 223 g/mol. The molecule has 0 atom stereocenters. The predicted octanol–water partition coefficient (Wildman–Crippen LogP) is 3.20. The summed E-state index contributed by atoms with van der Waals surface area (Å²) < 4.78 is 5.27. The van der Waals surface area contributed by atoms with Gasteiger partial charge < -0.3 is 9.52 Å². The summed E-state index contributed by atoms with van der Waals surface area (Å²) in [5.41, 5.74) is 0.0251. The van der Waals surface area contributed by atoms with E-state index in [2.05, 4.69) is 4.98 Å². The van der Waals surface area contributed by atoms with Crippen LogP contribution in [0, 0.1) is 0 Å². The van der Waals surface area contributed by atoms with Crippen LogP contribution >= 0.6 is 0 Å². The molecule has 0 saturated heterocycles. The molecular formula is C12H17NO3. The summed E-state index contributed by atoms with van der Waals surface area (Å²) in [6, 6.07) is 0. The Bertz CT molecular complexity index is 351. The van der Waals surface area contributed by atoms with E-state index in [1.807, 2.05) is 0 Å². The molecule has 1 fully saturated rings. The number of rotatable bonds is 2. The van der Waals surface area contributed by atoms with Gasteiger partial charge >= 0.3 is 5.97 Å². The van der Waals surface area contributed by atoms with Crippen LogP contribution in [-0.2, 0) is 0 Å². The van der Waals surface area contributed by atoms with Gasteiger partial charge in [0.2, 0.25) is 0 Å². The first-order valence-electron chi connectivity index (χ1n) is 5.96. The number of hydrogen-bond acceptors (Lipinski definition) is 3. The summed E-state index contributed by atoms with van der Waals surface area (Å²) >= 11 is 0. The van der Waals surface area contributed by atoms with Gasteiger partial charge in [-0.15, -0.1) is 0 Å². The van der Waals surface area contributed by atoms with Gasteiger partial charge in [0.1, 0.15) is 6.26 Å². The van der Waals surface area contributed by atoms with Crippen molar-refractivity contribution in [3.8, 4) is 0 Å². The summed E-state index contributed by atoms with van der Waals surface area (Å²) in [7, 11) is 0. The number of aromatic carboxylic acids is 1. The van der Waals surface area contributed by atoms with E-state index in [1.54, 1.807) is 0 Å². The molecule has 0 bridgehead atoms. The average Bonchev–Trinajstić information content (AvgIpc) is 2.66. The van der Waals surface area contributed by atoms with Crippen LogP contribution in [0.2, 0.25) is 0 Å². The van der Waals surface area contributed by atoms with Gasteiger partial charge in [0.25, 0.3) is 0 Å². The summed E-state index contributed by atoms with van der Waals surface area (Å²) in [5.74, 6) is -0.0893. The molecule has 4 heteroatoms. The highest BCUT2D eigenvalue weighted by Crippen LogP contribution is 2.30. The molecule has 1 aromatic rings. The smallest absolute Gasteiger partial charge is 0.357 e. The lowest BCUT2D eigenvalue weighted by atomic mass is 9.91. The Hall–Kier alpha value is -1.32. The van der Waals surface area contributed by atoms with Crippen LogP contribution in [0.4, 0.5) is 0 Å². The Morgan fingerprint density at radius 3 is 2.44 bits per heavy atom. The number of carboxylic acids is 1. The molecule has 1 heterocycles. The minimum atomic E-state index is -1.01. The molecule has 1 aliphatic carbocycles. The van der Waals surface area contributed by atoms with Crippen LogP contribution in [0.5, 0.6) is 0 Å². The van der Waals surface area contributed by atoms with Crippen molar-refractivity contribution in [3.05, 3.63) is 17.8 Å². The molecule has 1 saturated carbocycles. The van der Waals surface area contributed by atoms with Crippen LogP contribution in [0.15, 0.2) is 10.7 Å². The van der Waals surface area contributed by atoms with Crippen molar-refractivity contribution in [1.29, 1.82) is 0 Å². The molecule has 88 valence electrons. The lowest BCUT2D eigenvalue weighted by Gasteiger charge is -2.16. The SMILES string of the molecule is O=C(O)c1coc(C2CCCCCCC2)n1. The largest absolute Gasteiger partial charge is 0.476 e. The third-order valence-corrected chi connectivity index (χ3v) is 3.20. The highest BCUT2D eigenvalue weighted by molar-refractivity contribution is 5.84. The van der Waals surface area contributed by atoms with Crippen molar-refractivity contribution in [3.63, 3.8) is 0 Å². The van der Waals surface area contributed by atoms with Crippen LogP contribution in [0.25, 0.3) is 0 Å². The molecule has 0 radical (unpaired) electrons. The standard InChI is InChI=1S/C12H17NO3/c14-12(15)10-8-16-11(13-10)9-6-4-2-1-3-5-7-9/h8-9H,1-7H2,(H,14,15). The first-order valence-corrected chi connectivity index (χ1v) is 5.96. The van der Waals surface area contributed by atoms with Gasteiger partial charge in [-0.05, 0) is 12.8 Å². The third-order valence-electron chi connectivity index (χ3n) is 3.20. The Kier molecular flexibility index (Phi) is 3.59. The second-order valence-corrected chi connectivity index (χ2v) is 4.42. The summed E-state index contributed by atoms with van der Waals surface area (Å²) in [4.78, 5) is 14.7. The number of oxazole rings is 1. The maximum absolute atomic E-state index is 10.7. The second kappa shape index (κ2) is 5.14. The normalized spacial score (nSPS) is 19.0. The number of nitrogens with zero attached hydrogens (tertiary/aromatic N) is 1. The van der Waals surface area contributed by atoms with Gasteiger partial charge in [-0.25, -0.2) is 9.78 Å². The van der Waals surface area contributed by atoms with Crippen LogP contribution < -0.4 is 0 Å². The predicted molar refractivity (Wildman–Crippen MR) is 58.5 cm³/mol. The first-order chi connectivity index (χ1) is 7.77. The lowest BCUT2D eigenvalue weighted by Crippen LogP contribution is -2.04. The van der Waals surface area contributed by atoms with E-state index in [0.29, 0.717) is 11.8 Å². The topological polar surface area (TPSA) is 63.3 Å². The number of hydrogen-bond donors (Lipinski definition) is 1. The van der Waals surface area contributed by atoms with Crippen molar-refractivity contribution < 1.29 is 14.3 Å². The van der Waals surface area contributed by atoms with Crippen LogP contribution in [0.1, 0.15) is 67.2 Å². The number of aromatic nitrogens is 1. The summed E-state index contributed by atoms with van der Waals surface area (Å²) in [6.07, 6.45) is 9.62. The molecule has 0 aliphatic heterocycles. The van der Waals surface area contributed by atoms with Crippen molar-refractivity contribution in [2.24, 2.45) is 0 Å². The quantitative estimate of drug-likeness (QED) is 0.836. The van der Waals surface area contributed by atoms with E-state index in [0.717, 1.165) is 12.8 Å². The monoisotopic (exact) mass is 223 g/mol. The van der Waals surface area contributed by atoms with E-state index in [4.69, 9.17) is 9.52 Å². The van der Waals surface area contributed by atoms with Crippen molar-refractivity contribution in [1.82, 2.24) is 4.98 Å². The number of carbonyl (C=O) groups is 1. The molecule has 2 rings (SSSR count). The minimum absolute atomic E-state index is 0.0251. The summed E-state index contributed by atoms with van der Waals surface area (Å²) in [6.45, 7) is 0. The van der Waals surface area contributed by atoms with Crippen molar-refractivity contribution >= 4 is 5.97 Å². The zero-order valence-corrected chi connectivity index (χ0v) is 9.32. The molecule has 4 nitrogen and oxygen atoms in total. The Morgan fingerprint density at radius 1 is 1.25 bits per heavy atom. The maximum atomic E-state index is 10.7. The molecule has 0 aromatic carbocycles. The third kappa shape index (κ3) is 2.62. The fraction of sp³-hybridized carbons (Fsp3) is 0.667. The van der Waals surface area contributed by atoms with E-state index in [1.165, 1.54) is 38.4 Å². The Balaban J connectivity index is 2.05.